The summed E-state index contributed by atoms with van der Waals surface area (Å²) in [4.78, 5) is 24.6. The molecule has 0 radical (unpaired) electrons. The molecule has 5 atom stereocenters. The minimum atomic E-state index is -0.142. The van der Waals surface area contributed by atoms with Crippen LogP contribution in [0, 0.1) is 28.6 Å². The Morgan fingerprint density at radius 1 is 1.08 bits per heavy atom. The Balaban J connectivity index is 1.82. The van der Waals surface area contributed by atoms with Crippen LogP contribution >= 0.6 is 0 Å². The van der Waals surface area contributed by atoms with E-state index in [0.29, 0.717) is 36.6 Å². The fourth-order valence-electron chi connectivity index (χ4n) is 6.14. The van der Waals surface area contributed by atoms with E-state index in [1.165, 1.54) is 0 Å². The van der Waals surface area contributed by atoms with Crippen LogP contribution in [0.15, 0.2) is 23.5 Å². The normalized spacial score (nSPS) is 44.2. The van der Waals surface area contributed by atoms with E-state index in [1.807, 2.05) is 13.0 Å². The average molecular weight is 328 g/mol. The van der Waals surface area contributed by atoms with E-state index in [-0.39, 0.29) is 16.6 Å². The molecule has 0 N–H and O–H groups in total. The highest BCUT2D eigenvalue weighted by atomic mass is 16.5. The molecule has 0 aromatic heterocycles. The number of allylic oxidation sites excluding steroid dienone is 3. The van der Waals surface area contributed by atoms with Crippen LogP contribution < -0.4 is 0 Å². The zero-order valence-electron chi connectivity index (χ0n) is 15.1. The van der Waals surface area contributed by atoms with Crippen LogP contribution in [0.5, 0.6) is 0 Å². The topological polar surface area (TPSA) is 43.4 Å². The van der Waals surface area contributed by atoms with Crippen LogP contribution in [0.3, 0.4) is 0 Å². The monoisotopic (exact) mass is 328 g/mol. The summed E-state index contributed by atoms with van der Waals surface area (Å²) >= 11 is 0. The first-order valence-electron chi connectivity index (χ1n) is 9.53. The van der Waals surface area contributed by atoms with Crippen LogP contribution in [0.2, 0.25) is 0 Å². The fourth-order valence-corrected chi connectivity index (χ4v) is 6.14. The number of hydrogen-bond donors (Lipinski definition) is 0. The maximum Gasteiger partial charge on any atom is 0.156 e. The summed E-state index contributed by atoms with van der Waals surface area (Å²) in [5.74, 6) is 2.98. The number of ether oxygens (including phenoxy) is 1. The van der Waals surface area contributed by atoms with E-state index in [1.54, 1.807) is 0 Å². The SMILES string of the molecule is CCOC1=C[C@@H]2[C@H](CC[C@]3(C)C(=O)CC[C@@H]23)[C@@]2(C)CCC(=O)C=C12. The minimum Gasteiger partial charge on any atom is -0.494 e. The Hall–Kier alpha value is -1.38. The number of fused-ring (bicyclic) bond motifs is 5. The summed E-state index contributed by atoms with van der Waals surface area (Å²) in [6, 6.07) is 0. The third-order valence-electron chi connectivity index (χ3n) is 7.58. The van der Waals surface area contributed by atoms with Gasteiger partial charge in [0.25, 0.3) is 0 Å². The molecule has 0 spiro atoms. The molecule has 4 aliphatic carbocycles. The standard InChI is InChI=1S/C21H28O3/c1-4-24-18-12-14-15-5-6-19(23)21(15,3)10-8-16(14)20(2)9-7-13(22)11-17(18)20/h11-12,14-16H,4-10H2,1-3H3/t14-,15-,16-,20+,21-/m0/s1. The third-order valence-corrected chi connectivity index (χ3v) is 7.58. The number of hydrogen-bond acceptors (Lipinski definition) is 3. The first-order valence-corrected chi connectivity index (χ1v) is 9.53. The predicted molar refractivity (Wildman–Crippen MR) is 92.2 cm³/mol. The van der Waals surface area contributed by atoms with Crippen molar-refractivity contribution in [1.82, 2.24) is 0 Å². The van der Waals surface area contributed by atoms with Crippen molar-refractivity contribution in [3.05, 3.63) is 23.5 Å². The lowest BCUT2D eigenvalue weighted by atomic mass is 9.49. The van der Waals surface area contributed by atoms with E-state index in [0.717, 1.165) is 43.4 Å². The lowest BCUT2D eigenvalue weighted by Crippen LogP contribution is -2.50. The van der Waals surface area contributed by atoms with Crippen LogP contribution in [0.1, 0.15) is 59.3 Å². The molecule has 0 saturated heterocycles. The molecule has 4 aliphatic rings. The molecule has 4 rings (SSSR count). The molecule has 0 heterocycles. The van der Waals surface area contributed by atoms with Gasteiger partial charge >= 0.3 is 0 Å². The summed E-state index contributed by atoms with van der Waals surface area (Å²) in [7, 11) is 0. The second-order valence-electron chi connectivity index (χ2n) is 8.61. The largest absolute Gasteiger partial charge is 0.494 e. The first-order chi connectivity index (χ1) is 11.4. The molecule has 0 unspecified atom stereocenters. The molecule has 2 fully saturated rings. The first kappa shape index (κ1) is 16.1. The Labute approximate surface area is 144 Å². The van der Waals surface area contributed by atoms with Gasteiger partial charge in [-0.3, -0.25) is 9.59 Å². The highest BCUT2D eigenvalue weighted by Crippen LogP contribution is 2.63. The van der Waals surface area contributed by atoms with Crippen molar-refractivity contribution in [3.63, 3.8) is 0 Å². The number of carbonyl (C=O) groups is 2. The summed E-state index contributed by atoms with van der Waals surface area (Å²) in [6.45, 7) is 7.13. The van der Waals surface area contributed by atoms with Gasteiger partial charge in [-0.15, -0.1) is 0 Å². The van der Waals surface area contributed by atoms with Gasteiger partial charge in [-0.25, -0.2) is 0 Å². The highest BCUT2D eigenvalue weighted by molar-refractivity contribution is 5.92. The molecule has 0 aliphatic heterocycles. The number of Topliss-reactive ketones (excluding diaryl/α,β-unsaturated/α-hetero) is 1. The van der Waals surface area contributed by atoms with Gasteiger partial charge in [0.15, 0.2) is 5.78 Å². The maximum absolute atomic E-state index is 12.5. The molecule has 0 amide bonds. The molecular weight excluding hydrogens is 300 g/mol. The van der Waals surface area contributed by atoms with E-state index < -0.39 is 0 Å². The van der Waals surface area contributed by atoms with Gasteiger partial charge in [0.2, 0.25) is 0 Å². The summed E-state index contributed by atoms with van der Waals surface area (Å²) in [6.07, 6.45) is 9.52. The van der Waals surface area contributed by atoms with E-state index in [9.17, 15) is 9.59 Å². The molecule has 24 heavy (non-hydrogen) atoms. The summed E-state index contributed by atoms with van der Waals surface area (Å²) < 4.78 is 5.98. The van der Waals surface area contributed by atoms with Crippen molar-refractivity contribution >= 4 is 11.6 Å². The van der Waals surface area contributed by atoms with E-state index in [4.69, 9.17) is 4.74 Å². The molecule has 0 aromatic carbocycles. The maximum atomic E-state index is 12.5. The van der Waals surface area contributed by atoms with Crippen LogP contribution in [0.4, 0.5) is 0 Å². The van der Waals surface area contributed by atoms with Gasteiger partial charge in [-0.2, -0.15) is 0 Å². The van der Waals surface area contributed by atoms with Gasteiger partial charge in [-0.05, 0) is 62.5 Å². The van der Waals surface area contributed by atoms with Crippen molar-refractivity contribution in [3.8, 4) is 0 Å². The highest BCUT2D eigenvalue weighted by Gasteiger charge is 2.59. The van der Waals surface area contributed by atoms with Crippen molar-refractivity contribution in [1.29, 1.82) is 0 Å². The van der Waals surface area contributed by atoms with Gasteiger partial charge in [0.05, 0.1) is 6.61 Å². The minimum absolute atomic E-state index is 0.0186. The lowest BCUT2D eigenvalue weighted by molar-refractivity contribution is -0.130. The van der Waals surface area contributed by atoms with Gasteiger partial charge in [-0.1, -0.05) is 13.8 Å². The quantitative estimate of drug-likeness (QED) is 0.762. The molecule has 3 heteroatoms. The van der Waals surface area contributed by atoms with Crippen LogP contribution in [-0.2, 0) is 14.3 Å². The van der Waals surface area contributed by atoms with E-state index in [2.05, 4.69) is 19.9 Å². The van der Waals surface area contributed by atoms with E-state index >= 15 is 0 Å². The zero-order valence-corrected chi connectivity index (χ0v) is 15.1. The fraction of sp³-hybridized carbons (Fsp3) is 0.714. The van der Waals surface area contributed by atoms with Gasteiger partial charge in [0, 0.05) is 29.2 Å². The molecule has 130 valence electrons. The zero-order chi connectivity index (χ0) is 17.1. The Bertz CT molecular complexity index is 658. The lowest BCUT2D eigenvalue weighted by Gasteiger charge is -2.55. The Kier molecular flexibility index (Phi) is 3.56. The molecule has 0 bridgehead atoms. The summed E-state index contributed by atoms with van der Waals surface area (Å²) in [5, 5.41) is 0. The Morgan fingerprint density at radius 2 is 1.83 bits per heavy atom. The molecule has 2 saturated carbocycles. The van der Waals surface area contributed by atoms with Gasteiger partial charge in [0.1, 0.15) is 11.5 Å². The van der Waals surface area contributed by atoms with Crippen molar-refractivity contribution in [2.75, 3.05) is 6.61 Å². The van der Waals surface area contributed by atoms with Crippen molar-refractivity contribution in [2.45, 2.75) is 59.3 Å². The second-order valence-corrected chi connectivity index (χ2v) is 8.61. The van der Waals surface area contributed by atoms with Crippen LogP contribution in [-0.4, -0.2) is 18.2 Å². The van der Waals surface area contributed by atoms with Gasteiger partial charge < -0.3 is 4.74 Å². The second kappa shape index (κ2) is 5.31. The average Bonchev–Trinajstić information content (AvgIpc) is 2.85. The Morgan fingerprint density at radius 3 is 2.58 bits per heavy atom. The summed E-state index contributed by atoms with van der Waals surface area (Å²) in [5.41, 5.74) is 0.997. The smallest absolute Gasteiger partial charge is 0.156 e. The molecule has 3 nitrogen and oxygen atoms in total. The van der Waals surface area contributed by atoms with Crippen LogP contribution in [0.25, 0.3) is 0 Å². The van der Waals surface area contributed by atoms with Crippen molar-refractivity contribution in [2.24, 2.45) is 28.6 Å². The molecule has 0 aromatic rings. The number of carbonyl (C=O) groups excluding carboxylic acids is 2. The predicted octanol–water partition coefficient (Wildman–Crippen LogP) is 4.23. The number of rotatable bonds is 2. The third kappa shape index (κ3) is 2.02. The molecular formula is C21H28O3. The number of ketones is 2. The van der Waals surface area contributed by atoms with Crippen molar-refractivity contribution < 1.29 is 14.3 Å².